The molecule has 1 saturated carbocycles. The summed E-state index contributed by atoms with van der Waals surface area (Å²) in [5.41, 5.74) is 1.78. The molecule has 0 aromatic heterocycles. The molecule has 7 nitrogen and oxygen atoms in total. The van der Waals surface area contributed by atoms with Crippen LogP contribution in [0.4, 0.5) is 11.4 Å². The molecule has 2 aromatic carbocycles. The summed E-state index contributed by atoms with van der Waals surface area (Å²) in [7, 11) is 1.66. The van der Waals surface area contributed by atoms with Gasteiger partial charge in [0.1, 0.15) is 18.0 Å². The Balaban J connectivity index is 1.61. The van der Waals surface area contributed by atoms with Crippen molar-refractivity contribution in [2.45, 2.75) is 25.8 Å². The fourth-order valence-electron chi connectivity index (χ4n) is 2.71. The molecule has 0 radical (unpaired) electrons. The van der Waals surface area contributed by atoms with Crippen LogP contribution in [0.5, 0.6) is 5.75 Å². The molecule has 1 fully saturated rings. The highest BCUT2D eigenvalue weighted by atomic mass is 16.6. The smallest absolute Gasteiger partial charge is 0.293 e. The van der Waals surface area contributed by atoms with Crippen LogP contribution in [0, 0.1) is 17.0 Å². The molecule has 0 aliphatic heterocycles. The first-order chi connectivity index (χ1) is 12.9. The van der Waals surface area contributed by atoms with Gasteiger partial charge in [-0.1, -0.05) is 12.1 Å². The number of nitrogens with one attached hydrogen (secondary N) is 1. The molecule has 1 aliphatic carbocycles. The number of likely N-dealkylation sites (N-methyl/N-ethyl adjacent to an activating group) is 1. The second-order valence-electron chi connectivity index (χ2n) is 6.80. The summed E-state index contributed by atoms with van der Waals surface area (Å²) in [6.45, 7) is 2.70. The lowest BCUT2D eigenvalue weighted by molar-refractivity contribution is -0.384. The van der Waals surface area contributed by atoms with Crippen molar-refractivity contribution < 1.29 is 14.5 Å². The predicted octanol–water partition coefficient (Wildman–Crippen LogP) is 3.63. The van der Waals surface area contributed by atoms with Gasteiger partial charge in [-0.05, 0) is 49.6 Å². The van der Waals surface area contributed by atoms with E-state index in [4.69, 9.17) is 4.74 Å². The number of aryl methyl sites for hydroxylation is 1. The van der Waals surface area contributed by atoms with Crippen LogP contribution in [0.3, 0.4) is 0 Å². The Hall–Kier alpha value is -3.09. The average molecular weight is 369 g/mol. The van der Waals surface area contributed by atoms with Crippen LogP contribution in [0.2, 0.25) is 0 Å². The number of hydrogen-bond donors (Lipinski definition) is 1. The first-order valence-electron chi connectivity index (χ1n) is 8.94. The van der Waals surface area contributed by atoms with E-state index in [1.54, 1.807) is 19.2 Å². The van der Waals surface area contributed by atoms with Gasteiger partial charge in [0.15, 0.2) is 0 Å². The molecule has 0 unspecified atom stereocenters. The van der Waals surface area contributed by atoms with Crippen molar-refractivity contribution >= 4 is 17.3 Å². The average Bonchev–Trinajstić information content (AvgIpc) is 3.45. The minimum absolute atomic E-state index is 0.0721. The van der Waals surface area contributed by atoms with Gasteiger partial charge in [0.25, 0.3) is 11.6 Å². The maximum absolute atomic E-state index is 12.6. The lowest BCUT2D eigenvalue weighted by Crippen LogP contribution is -2.31. The van der Waals surface area contributed by atoms with E-state index in [1.165, 1.54) is 11.0 Å². The lowest BCUT2D eigenvalue weighted by Gasteiger charge is -2.18. The molecule has 0 heterocycles. The van der Waals surface area contributed by atoms with E-state index in [0.29, 0.717) is 30.4 Å². The maximum atomic E-state index is 12.6. The van der Waals surface area contributed by atoms with E-state index in [1.807, 2.05) is 31.2 Å². The zero-order valence-corrected chi connectivity index (χ0v) is 15.5. The molecule has 142 valence electrons. The summed E-state index contributed by atoms with van der Waals surface area (Å²) in [6, 6.07) is 12.6. The highest BCUT2D eigenvalue weighted by molar-refractivity contribution is 5.95. The summed E-state index contributed by atoms with van der Waals surface area (Å²) < 4.78 is 5.66. The van der Waals surface area contributed by atoms with E-state index in [-0.39, 0.29) is 11.6 Å². The van der Waals surface area contributed by atoms with Crippen LogP contribution in [-0.4, -0.2) is 42.0 Å². The van der Waals surface area contributed by atoms with Crippen LogP contribution < -0.4 is 10.1 Å². The molecule has 1 N–H and O–H groups in total. The van der Waals surface area contributed by atoms with Crippen molar-refractivity contribution in [2.24, 2.45) is 0 Å². The van der Waals surface area contributed by atoms with Gasteiger partial charge >= 0.3 is 0 Å². The minimum atomic E-state index is -0.456. The Morgan fingerprint density at radius 1 is 1.30 bits per heavy atom. The van der Waals surface area contributed by atoms with Gasteiger partial charge in [-0.2, -0.15) is 0 Å². The second kappa shape index (κ2) is 8.07. The molecule has 0 saturated heterocycles. The van der Waals surface area contributed by atoms with Crippen molar-refractivity contribution in [1.82, 2.24) is 4.90 Å². The van der Waals surface area contributed by atoms with E-state index in [0.717, 1.165) is 24.2 Å². The third-order valence-corrected chi connectivity index (χ3v) is 4.41. The van der Waals surface area contributed by atoms with Crippen molar-refractivity contribution in [3.05, 3.63) is 63.7 Å². The van der Waals surface area contributed by atoms with E-state index in [9.17, 15) is 14.9 Å². The molecule has 2 aromatic rings. The van der Waals surface area contributed by atoms with Gasteiger partial charge in [-0.3, -0.25) is 14.9 Å². The van der Waals surface area contributed by atoms with Gasteiger partial charge in [-0.25, -0.2) is 0 Å². The predicted molar refractivity (Wildman–Crippen MR) is 103 cm³/mol. The fraction of sp³-hybridized carbons (Fsp3) is 0.350. The van der Waals surface area contributed by atoms with E-state index >= 15 is 0 Å². The number of nitro benzene ring substituents is 1. The Labute approximate surface area is 158 Å². The number of carbonyl (C=O) groups excluding carboxylic acids is 1. The third kappa shape index (κ3) is 4.97. The summed E-state index contributed by atoms with van der Waals surface area (Å²) >= 11 is 0. The molecule has 3 rings (SSSR count). The number of nitrogens with zero attached hydrogens (tertiary/aromatic N) is 2. The minimum Gasteiger partial charge on any atom is -0.492 e. The number of ether oxygens (including phenoxy) is 1. The van der Waals surface area contributed by atoms with Gasteiger partial charge in [0.05, 0.1) is 11.5 Å². The van der Waals surface area contributed by atoms with Gasteiger partial charge in [0.2, 0.25) is 0 Å². The largest absolute Gasteiger partial charge is 0.492 e. The summed E-state index contributed by atoms with van der Waals surface area (Å²) in [5.74, 6) is 0.478. The van der Waals surface area contributed by atoms with Gasteiger partial charge in [0, 0.05) is 24.7 Å². The highest BCUT2D eigenvalue weighted by Gasteiger charge is 2.26. The quantitative estimate of drug-likeness (QED) is 0.567. The van der Waals surface area contributed by atoms with Crippen LogP contribution in [0.15, 0.2) is 42.5 Å². The Morgan fingerprint density at radius 2 is 2.07 bits per heavy atom. The first kappa shape index (κ1) is 18.7. The number of benzene rings is 2. The molecule has 7 heteroatoms. The summed E-state index contributed by atoms with van der Waals surface area (Å²) in [6.07, 6.45) is 2.03. The molecule has 1 amide bonds. The van der Waals surface area contributed by atoms with E-state index in [2.05, 4.69) is 5.32 Å². The van der Waals surface area contributed by atoms with E-state index < -0.39 is 4.92 Å². The Bertz CT molecular complexity index is 849. The summed E-state index contributed by atoms with van der Waals surface area (Å²) in [5, 5.41) is 14.5. The van der Waals surface area contributed by atoms with Crippen LogP contribution in [-0.2, 0) is 0 Å². The SMILES string of the molecule is Cc1cccc(OCCN(C)C(=O)c2ccc(NC3CC3)c([N+](=O)[O-])c2)c1. The highest BCUT2D eigenvalue weighted by Crippen LogP contribution is 2.31. The third-order valence-electron chi connectivity index (χ3n) is 4.41. The van der Waals surface area contributed by atoms with Crippen molar-refractivity contribution in [1.29, 1.82) is 0 Å². The number of anilines is 1. The monoisotopic (exact) mass is 369 g/mol. The molecule has 1 aliphatic rings. The maximum Gasteiger partial charge on any atom is 0.293 e. The Kier molecular flexibility index (Phi) is 5.59. The zero-order valence-electron chi connectivity index (χ0n) is 15.5. The van der Waals surface area contributed by atoms with Gasteiger partial charge < -0.3 is 15.0 Å². The number of amides is 1. The second-order valence-corrected chi connectivity index (χ2v) is 6.80. The number of nitro groups is 1. The van der Waals surface area contributed by atoms with Crippen LogP contribution in [0.1, 0.15) is 28.8 Å². The number of rotatable bonds is 8. The number of hydrogen-bond acceptors (Lipinski definition) is 5. The molecule has 27 heavy (non-hydrogen) atoms. The lowest BCUT2D eigenvalue weighted by atomic mass is 10.1. The van der Waals surface area contributed by atoms with Crippen LogP contribution in [0.25, 0.3) is 0 Å². The first-order valence-corrected chi connectivity index (χ1v) is 8.94. The Morgan fingerprint density at radius 3 is 2.74 bits per heavy atom. The summed E-state index contributed by atoms with van der Waals surface area (Å²) in [4.78, 5) is 25.0. The topological polar surface area (TPSA) is 84.7 Å². The molecule has 0 bridgehead atoms. The molecule has 0 spiro atoms. The van der Waals surface area contributed by atoms with Crippen molar-refractivity contribution in [2.75, 3.05) is 25.5 Å². The molecular weight excluding hydrogens is 346 g/mol. The standard InChI is InChI=1S/C20H23N3O4/c1-14-4-3-5-17(12-14)27-11-10-22(2)20(24)15-6-9-18(21-16-7-8-16)19(13-15)23(25)26/h3-6,9,12-13,16,21H,7-8,10-11H2,1-2H3. The normalized spacial score (nSPS) is 13.1. The fourth-order valence-corrected chi connectivity index (χ4v) is 2.71. The zero-order chi connectivity index (χ0) is 19.4. The van der Waals surface area contributed by atoms with Crippen molar-refractivity contribution in [3.8, 4) is 5.75 Å². The van der Waals surface area contributed by atoms with Crippen LogP contribution >= 0.6 is 0 Å². The number of carbonyl (C=O) groups is 1. The van der Waals surface area contributed by atoms with Gasteiger partial charge in [-0.15, -0.1) is 0 Å². The van der Waals surface area contributed by atoms with Crippen molar-refractivity contribution in [3.63, 3.8) is 0 Å². The molecule has 0 atom stereocenters. The molecular formula is C20H23N3O4.